The van der Waals surface area contributed by atoms with Crippen LogP contribution < -0.4 is 21.9 Å². The van der Waals surface area contributed by atoms with Crippen LogP contribution in [0.1, 0.15) is 6.42 Å². The van der Waals surface area contributed by atoms with E-state index in [1.54, 1.807) is 18.7 Å². The Bertz CT molecular complexity index is 911. The highest BCUT2D eigenvalue weighted by atomic mass is 35.5. The normalized spacial score (nSPS) is 14.9. The molecule has 150 valence electrons. The van der Waals surface area contributed by atoms with Crippen LogP contribution in [0, 0.1) is 0 Å². The molecular formula is C16H26ClN7O3. The number of carbonyl (C=O) groups excluding carboxylic acids is 1. The molecule has 2 aromatic heterocycles. The maximum Gasteiger partial charge on any atom is 0.332 e. The van der Waals surface area contributed by atoms with Gasteiger partial charge in [0.15, 0.2) is 11.2 Å². The van der Waals surface area contributed by atoms with Crippen LogP contribution in [-0.4, -0.2) is 68.8 Å². The maximum atomic E-state index is 12.6. The lowest BCUT2D eigenvalue weighted by molar-refractivity contribution is -0.121. The first kappa shape index (κ1) is 21.1. The molecule has 0 unspecified atom stereocenters. The number of nitrogens with zero attached hydrogens (tertiary/aromatic N) is 5. The fraction of sp³-hybridized carbons (Fsp3) is 0.625. The van der Waals surface area contributed by atoms with Crippen molar-refractivity contribution in [3.63, 3.8) is 0 Å². The number of fused-ring (bicyclic) bond motifs is 1. The zero-order chi connectivity index (χ0) is 18.7. The standard InChI is InChI=1S/C16H25N7O3.ClH/c1-20-11-19-14-13(20)15(25)23(16(26)21(14)2)10-12(24)18-4-3-7-22-8-5-17-6-9-22;/h11,17H,3-10H2,1-2H3,(H,18,24);1H. The monoisotopic (exact) mass is 399 g/mol. The molecule has 0 atom stereocenters. The number of amides is 1. The molecule has 3 rings (SSSR count). The molecule has 0 bridgehead atoms. The molecule has 0 spiro atoms. The zero-order valence-corrected chi connectivity index (χ0v) is 16.4. The molecule has 0 radical (unpaired) electrons. The molecule has 10 nitrogen and oxygen atoms in total. The Morgan fingerprint density at radius 1 is 1.26 bits per heavy atom. The summed E-state index contributed by atoms with van der Waals surface area (Å²) in [5, 5.41) is 6.09. The largest absolute Gasteiger partial charge is 0.354 e. The lowest BCUT2D eigenvalue weighted by atomic mass is 10.3. The average Bonchev–Trinajstić information content (AvgIpc) is 3.03. The van der Waals surface area contributed by atoms with Gasteiger partial charge in [-0.2, -0.15) is 0 Å². The summed E-state index contributed by atoms with van der Waals surface area (Å²) >= 11 is 0. The van der Waals surface area contributed by atoms with Crippen LogP contribution in [0.2, 0.25) is 0 Å². The topological polar surface area (TPSA) is 106 Å². The van der Waals surface area contributed by atoms with Crippen LogP contribution in [0.4, 0.5) is 0 Å². The van der Waals surface area contributed by atoms with Crippen LogP contribution in [-0.2, 0) is 25.4 Å². The number of rotatable bonds is 6. The quantitative estimate of drug-likeness (QED) is 0.559. The third-order valence-corrected chi connectivity index (χ3v) is 4.69. The molecule has 2 aromatic rings. The second kappa shape index (κ2) is 9.16. The summed E-state index contributed by atoms with van der Waals surface area (Å²) < 4.78 is 3.79. The van der Waals surface area contributed by atoms with E-state index in [1.807, 2.05) is 0 Å². The molecule has 1 fully saturated rings. The SMILES string of the molecule is Cl.Cn1cnc2c1c(=O)n(CC(=O)NCCCN1CCNCC1)c(=O)n2C. The van der Waals surface area contributed by atoms with E-state index in [-0.39, 0.29) is 24.9 Å². The average molecular weight is 400 g/mol. The Morgan fingerprint density at radius 3 is 2.67 bits per heavy atom. The van der Waals surface area contributed by atoms with E-state index in [2.05, 4.69) is 20.5 Å². The predicted octanol–water partition coefficient (Wildman–Crippen LogP) is -1.73. The summed E-state index contributed by atoms with van der Waals surface area (Å²) in [6.07, 6.45) is 2.31. The first-order chi connectivity index (χ1) is 12.5. The van der Waals surface area contributed by atoms with Crippen LogP contribution in [0.3, 0.4) is 0 Å². The lowest BCUT2D eigenvalue weighted by Gasteiger charge is -2.27. The molecule has 2 N–H and O–H groups in total. The van der Waals surface area contributed by atoms with E-state index in [1.165, 1.54) is 10.9 Å². The molecule has 11 heteroatoms. The van der Waals surface area contributed by atoms with Gasteiger partial charge in [0.2, 0.25) is 5.91 Å². The minimum absolute atomic E-state index is 0. The Balaban J connectivity index is 0.00000261. The minimum Gasteiger partial charge on any atom is -0.354 e. The number of nitrogens with one attached hydrogen (secondary N) is 2. The van der Waals surface area contributed by atoms with Gasteiger partial charge in [-0.05, 0) is 13.0 Å². The number of halogens is 1. The number of hydrogen-bond donors (Lipinski definition) is 2. The Kier molecular flexibility index (Phi) is 7.17. The van der Waals surface area contributed by atoms with Crippen molar-refractivity contribution in [2.24, 2.45) is 14.1 Å². The molecule has 1 aliphatic heterocycles. The highest BCUT2D eigenvalue weighted by Crippen LogP contribution is 2.02. The Hall–Kier alpha value is -2.17. The van der Waals surface area contributed by atoms with Crippen LogP contribution in [0.15, 0.2) is 15.9 Å². The van der Waals surface area contributed by atoms with Gasteiger partial charge >= 0.3 is 5.69 Å². The Labute approximate surface area is 162 Å². The van der Waals surface area contributed by atoms with E-state index < -0.39 is 11.2 Å². The van der Waals surface area contributed by atoms with Crippen molar-refractivity contribution in [2.75, 3.05) is 39.3 Å². The second-order valence-electron chi connectivity index (χ2n) is 6.56. The van der Waals surface area contributed by atoms with Crippen molar-refractivity contribution in [3.05, 3.63) is 27.2 Å². The predicted molar refractivity (Wildman–Crippen MR) is 104 cm³/mol. The summed E-state index contributed by atoms with van der Waals surface area (Å²) in [4.78, 5) is 43.5. The van der Waals surface area contributed by atoms with Crippen molar-refractivity contribution < 1.29 is 4.79 Å². The van der Waals surface area contributed by atoms with Gasteiger partial charge in [-0.25, -0.2) is 14.3 Å². The van der Waals surface area contributed by atoms with Crippen LogP contribution >= 0.6 is 12.4 Å². The molecule has 1 saturated heterocycles. The molecule has 1 amide bonds. The lowest BCUT2D eigenvalue weighted by Crippen LogP contribution is -2.45. The molecular weight excluding hydrogens is 374 g/mol. The number of aryl methyl sites for hydroxylation is 2. The fourth-order valence-corrected chi connectivity index (χ4v) is 3.20. The molecule has 3 heterocycles. The highest BCUT2D eigenvalue weighted by molar-refractivity contribution is 5.85. The Morgan fingerprint density at radius 2 is 1.96 bits per heavy atom. The van der Waals surface area contributed by atoms with Gasteiger partial charge < -0.3 is 20.1 Å². The highest BCUT2D eigenvalue weighted by Gasteiger charge is 2.17. The van der Waals surface area contributed by atoms with Gasteiger partial charge in [0.05, 0.1) is 6.33 Å². The van der Waals surface area contributed by atoms with E-state index in [9.17, 15) is 14.4 Å². The second-order valence-corrected chi connectivity index (χ2v) is 6.56. The molecule has 0 aromatic carbocycles. The zero-order valence-electron chi connectivity index (χ0n) is 15.6. The first-order valence-electron chi connectivity index (χ1n) is 8.79. The third kappa shape index (κ3) is 4.57. The molecule has 27 heavy (non-hydrogen) atoms. The van der Waals surface area contributed by atoms with E-state index in [4.69, 9.17) is 0 Å². The van der Waals surface area contributed by atoms with Gasteiger partial charge in [-0.1, -0.05) is 0 Å². The molecule has 0 aliphatic carbocycles. The summed E-state index contributed by atoms with van der Waals surface area (Å²) in [7, 11) is 3.22. The van der Waals surface area contributed by atoms with Crippen molar-refractivity contribution in [2.45, 2.75) is 13.0 Å². The van der Waals surface area contributed by atoms with Gasteiger partial charge in [-0.15, -0.1) is 12.4 Å². The maximum absolute atomic E-state index is 12.6. The van der Waals surface area contributed by atoms with E-state index in [0.29, 0.717) is 17.7 Å². The van der Waals surface area contributed by atoms with Crippen LogP contribution in [0.5, 0.6) is 0 Å². The number of imidazole rings is 1. The van der Waals surface area contributed by atoms with E-state index in [0.717, 1.165) is 43.7 Å². The number of hydrogen-bond acceptors (Lipinski definition) is 6. The minimum atomic E-state index is -0.544. The van der Waals surface area contributed by atoms with Gasteiger partial charge in [0.25, 0.3) is 5.56 Å². The van der Waals surface area contributed by atoms with Gasteiger partial charge in [0, 0.05) is 46.8 Å². The van der Waals surface area contributed by atoms with Gasteiger partial charge in [0.1, 0.15) is 6.54 Å². The summed E-state index contributed by atoms with van der Waals surface area (Å²) in [6.45, 7) is 5.18. The summed E-state index contributed by atoms with van der Waals surface area (Å²) in [5.74, 6) is -0.342. The van der Waals surface area contributed by atoms with Crippen molar-refractivity contribution >= 4 is 29.5 Å². The first-order valence-corrected chi connectivity index (χ1v) is 8.79. The molecule has 1 aliphatic rings. The number of piperazine rings is 1. The number of carbonyl (C=O) groups is 1. The third-order valence-electron chi connectivity index (χ3n) is 4.69. The smallest absolute Gasteiger partial charge is 0.332 e. The summed E-state index contributed by atoms with van der Waals surface area (Å²) in [6, 6.07) is 0. The fourth-order valence-electron chi connectivity index (χ4n) is 3.20. The van der Waals surface area contributed by atoms with Crippen LogP contribution in [0.25, 0.3) is 11.2 Å². The number of aromatic nitrogens is 4. The van der Waals surface area contributed by atoms with E-state index >= 15 is 0 Å². The van der Waals surface area contributed by atoms with Crippen molar-refractivity contribution in [1.82, 2.24) is 34.2 Å². The molecule has 0 saturated carbocycles. The summed E-state index contributed by atoms with van der Waals surface area (Å²) in [5.41, 5.74) is -0.426. The van der Waals surface area contributed by atoms with Gasteiger partial charge in [-0.3, -0.25) is 14.2 Å². The van der Waals surface area contributed by atoms with Crippen molar-refractivity contribution in [1.29, 1.82) is 0 Å². The van der Waals surface area contributed by atoms with Crippen molar-refractivity contribution in [3.8, 4) is 0 Å².